The topological polar surface area (TPSA) is 35.7 Å². The van der Waals surface area contributed by atoms with Gasteiger partial charge in [-0.25, -0.2) is 8.97 Å². The highest BCUT2D eigenvalue weighted by atomic mass is 32.2. The minimum absolute atomic E-state index is 0.193. The fourth-order valence-corrected chi connectivity index (χ4v) is 4.90. The van der Waals surface area contributed by atoms with Crippen molar-refractivity contribution < 1.29 is 18.8 Å². The molecule has 0 bridgehead atoms. The minimum Gasteiger partial charge on any atom is -0.497 e. The molecule has 6 heteroatoms. The highest BCUT2D eigenvalue weighted by Gasteiger charge is 2.61. The Bertz CT molecular complexity index is 843. The molecular formula is C19H20FN2O2S+. The van der Waals surface area contributed by atoms with Crippen LogP contribution in [-0.2, 0) is 5.72 Å². The van der Waals surface area contributed by atoms with Crippen LogP contribution in [0.1, 0.15) is 12.5 Å². The maximum absolute atomic E-state index is 14.9. The van der Waals surface area contributed by atoms with E-state index in [-0.39, 0.29) is 6.04 Å². The monoisotopic (exact) mass is 359 g/mol. The molecule has 4 rings (SSSR count). The number of rotatable bonds is 3. The number of nitrogens with zero attached hydrogens (tertiary/aromatic N) is 2. The molecule has 0 saturated heterocycles. The molecule has 1 N–H and O–H groups in total. The van der Waals surface area contributed by atoms with Gasteiger partial charge in [-0.1, -0.05) is 30.3 Å². The largest absolute Gasteiger partial charge is 0.497 e. The van der Waals surface area contributed by atoms with E-state index in [1.807, 2.05) is 37.3 Å². The van der Waals surface area contributed by atoms with Crippen LogP contribution in [-0.4, -0.2) is 40.3 Å². The summed E-state index contributed by atoms with van der Waals surface area (Å²) in [6, 6.07) is 14.0. The van der Waals surface area contributed by atoms with Crippen LogP contribution >= 0.6 is 11.8 Å². The van der Waals surface area contributed by atoms with E-state index >= 15 is 0 Å². The van der Waals surface area contributed by atoms with E-state index in [1.165, 1.54) is 13.2 Å². The van der Waals surface area contributed by atoms with Gasteiger partial charge in [0.15, 0.2) is 17.5 Å². The lowest BCUT2D eigenvalue weighted by Crippen LogP contribution is -2.51. The number of amidine groups is 1. The number of hydrogen-bond acceptors (Lipinski definition) is 4. The summed E-state index contributed by atoms with van der Waals surface area (Å²) in [5, 5.41) is 12.6. The third-order valence-corrected chi connectivity index (χ3v) is 6.05. The van der Waals surface area contributed by atoms with Crippen LogP contribution in [0.25, 0.3) is 0 Å². The van der Waals surface area contributed by atoms with Crippen LogP contribution < -0.4 is 9.64 Å². The van der Waals surface area contributed by atoms with Crippen LogP contribution in [0.15, 0.2) is 48.5 Å². The van der Waals surface area contributed by atoms with Crippen molar-refractivity contribution in [3.8, 4) is 5.75 Å². The van der Waals surface area contributed by atoms with Crippen LogP contribution in [0.3, 0.4) is 0 Å². The van der Waals surface area contributed by atoms with Crippen molar-refractivity contribution in [3.05, 3.63) is 59.9 Å². The highest BCUT2D eigenvalue weighted by molar-refractivity contribution is 8.14. The fourth-order valence-electron chi connectivity index (χ4n) is 3.65. The molecule has 2 atom stereocenters. The lowest BCUT2D eigenvalue weighted by Gasteiger charge is -2.32. The van der Waals surface area contributed by atoms with E-state index < -0.39 is 11.5 Å². The molecular weight excluding hydrogens is 339 g/mol. The van der Waals surface area contributed by atoms with Gasteiger partial charge in [0, 0.05) is 17.4 Å². The molecule has 0 saturated carbocycles. The van der Waals surface area contributed by atoms with Crippen LogP contribution in [0.5, 0.6) is 5.75 Å². The quantitative estimate of drug-likeness (QED) is 0.855. The third kappa shape index (κ3) is 2.35. The molecule has 0 radical (unpaired) electrons. The number of hydrogen-bond donors (Lipinski definition) is 1. The van der Waals surface area contributed by atoms with Crippen LogP contribution in [0, 0.1) is 5.82 Å². The maximum Gasteiger partial charge on any atom is 0.317 e. The van der Waals surface area contributed by atoms with Crippen molar-refractivity contribution >= 4 is 22.6 Å². The van der Waals surface area contributed by atoms with E-state index in [1.54, 1.807) is 28.8 Å². The maximum atomic E-state index is 14.9. The molecule has 2 aliphatic rings. The molecule has 2 heterocycles. The zero-order chi connectivity index (χ0) is 17.6. The van der Waals surface area contributed by atoms with Crippen molar-refractivity contribution in [1.82, 2.24) is 0 Å². The Balaban J connectivity index is 1.90. The fraction of sp³-hybridized carbons (Fsp3) is 0.316. The van der Waals surface area contributed by atoms with E-state index in [9.17, 15) is 9.50 Å². The molecule has 2 aromatic rings. The number of benzene rings is 2. The molecule has 0 unspecified atom stereocenters. The van der Waals surface area contributed by atoms with Gasteiger partial charge in [-0.05, 0) is 30.8 Å². The predicted molar refractivity (Wildman–Crippen MR) is 97.8 cm³/mol. The van der Waals surface area contributed by atoms with Crippen molar-refractivity contribution in [1.29, 1.82) is 0 Å². The molecule has 25 heavy (non-hydrogen) atoms. The summed E-state index contributed by atoms with van der Waals surface area (Å²) in [6.45, 7) is 2.82. The second-order valence-corrected chi connectivity index (χ2v) is 7.31. The number of methoxy groups -OCH3 is 1. The summed E-state index contributed by atoms with van der Waals surface area (Å²) in [6.07, 6.45) is 0. The van der Waals surface area contributed by atoms with Crippen molar-refractivity contribution in [2.75, 3.05) is 24.3 Å². The summed E-state index contributed by atoms with van der Waals surface area (Å²) in [7, 11) is 1.51. The first-order valence-electron chi connectivity index (χ1n) is 8.25. The zero-order valence-electron chi connectivity index (χ0n) is 14.1. The highest BCUT2D eigenvalue weighted by Crippen LogP contribution is 2.44. The van der Waals surface area contributed by atoms with Crippen LogP contribution in [0.2, 0.25) is 0 Å². The summed E-state index contributed by atoms with van der Waals surface area (Å²) >= 11 is 1.65. The van der Waals surface area contributed by atoms with Gasteiger partial charge >= 0.3 is 5.17 Å². The van der Waals surface area contributed by atoms with Gasteiger partial charge in [0.1, 0.15) is 5.75 Å². The summed E-state index contributed by atoms with van der Waals surface area (Å²) in [4.78, 5) is 1.74. The first-order valence-corrected chi connectivity index (χ1v) is 9.24. The van der Waals surface area contributed by atoms with Gasteiger partial charge in [0.05, 0.1) is 13.7 Å². The van der Waals surface area contributed by atoms with Gasteiger partial charge in [-0.3, -0.25) is 0 Å². The number of aliphatic hydroxyl groups is 1. The first-order chi connectivity index (χ1) is 12.1. The minimum atomic E-state index is -1.33. The Morgan fingerprint density at radius 2 is 2.04 bits per heavy atom. The Morgan fingerprint density at radius 3 is 2.72 bits per heavy atom. The van der Waals surface area contributed by atoms with Crippen molar-refractivity contribution in [2.24, 2.45) is 0 Å². The molecule has 0 aliphatic carbocycles. The van der Waals surface area contributed by atoms with Gasteiger partial charge in [-0.15, -0.1) is 0 Å². The van der Waals surface area contributed by atoms with E-state index in [0.29, 0.717) is 11.4 Å². The average molecular weight is 359 g/mol. The van der Waals surface area contributed by atoms with E-state index in [0.717, 1.165) is 23.0 Å². The molecule has 0 fully saturated rings. The summed E-state index contributed by atoms with van der Waals surface area (Å²) in [5.41, 5.74) is -0.231. The lowest BCUT2D eigenvalue weighted by molar-refractivity contribution is -0.562. The standard InChI is InChI=1S/C19H20FN2O2S/c1-13-19(23,14-6-4-3-5-7-14)22(18-21(13)10-11-25-18)17-9-8-15(24-2)12-16(17)20/h3-9,12-13,23H,10-11H2,1-2H3/q+1/t13-,19-/m0/s1. The Hall–Kier alpha value is -2.05. The SMILES string of the molecule is COc1ccc(N2C3=[N+](CCS3)[C@@H](C)[C@]2(O)c2ccccc2)c(F)c1. The van der Waals surface area contributed by atoms with Crippen molar-refractivity contribution in [3.63, 3.8) is 0 Å². The molecule has 0 amide bonds. The first kappa shape index (κ1) is 16.4. The Labute approximate surface area is 150 Å². The van der Waals surface area contributed by atoms with E-state index in [2.05, 4.69) is 4.58 Å². The lowest BCUT2D eigenvalue weighted by atomic mass is 9.94. The van der Waals surface area contributed by atoms with Gasteiger partial charge in [0.2, 0.25) is 0 Å². The smallest absolute Gasteiger partial charge is 0.317 e. The molecule has 0 aromatic heterocycles. The summed E-state index contributed by atoms with van der Waals surface area (Å²) < 4.78 is 22.1. The van der Waals surface area contributed by atoms with E-state index in [4.69, 9.17) is 4.74 Å². The predicted octanol–water partition coefficient (Wildman–Crippen LogP) is 3.00. The number of halogens is 1. The molecule has 2 aromatic carbocycles. The average Bonchev–Trinajstić information content (AvgIpc) is 3.18. The zero-order valence-corrected chi connectivity index (χ0v) is 15.0. The molecule has 4 nitrogen and oxygen atoms in total. The van der Waals surface area contributed by atoms with Gasteiger partial charge < -0.3 is 9.84 Å². The Morgan fingerprint density at radius 1 is 1.28 bits per heavy atom. The third-order valence-electron chi connectivity index (χ3n) is 4.99. The number of thioether (sulfide) groups is 1. The second kappa shape index (κ2) is 6.04. The van der Waals surface area contributed by atoms with Crippen molar-refractivity contribution in [2.45, 2.75) is 18.7 Å². The molecule has 0 spiro atoms. The Kier molecular flexibility index (Phi) is 3.96. The van der Waals surface area contributed by atoms with Gasteiger partial charge in [-0.2, -0.15) is 4.90 Å². The molecule has 130 valence electrons. The number of anilines is 1. The number of ether oxygens (including phenoxy) is 1. The van der Waals surface area contributed by atoms with Gasteiger partial charge in [0.25, 0.3) is 5.72 Å². The molecule has 2 aliphatic heterocycles. The summed E-state index contributed by atoms with van der Waals surface area (Å²) in [5.74, 6) is 0.971. The second-order valence-electron chi connectivity index (χ2n) is 6.25. The van der Waals surface area contributed by atoms with Crippen LogP contribution in [0.4, 0.5) is 10.1 Å². The normalized spacial score (nSPS) is 25.4.